The van der Waals surface area contributed by atoms with Gasteiger partial charge in [-0.2, -0.15) is 16.7 Å². The van der Waals surface area contributed by atoms with Gasteiger partial charge in [0.1, 0.15) is 0 Å². The molecule has 1 aliphatic heterocycles. The average molecular weight is 316 g/mol. The predicted octanol–water partition coefficient (Wildman–Crippen LogP) is 3.46. The fraction of sp³-hybridized carbons (Fsp3) is 0.857. The van der Waals surface area contributed by atoms with E-state index in [2.05, 4.69) is 37.8 Å². The first-order chi connectivity index (χ1) is 9.51. The highest BCUT2D eigenvalue weighted by molar-refractivity contribution is 8.07. The molecule has 0 radical (unpaired) electrons. The Bertz CT molecular complexity index is 424. The normalized spacial score (nSPS) is 28.8. The zero-order valence-electron chi connectivity index (χ0n) is 12.7. The standard InChI is InChI=1S/C14H25N3OS2/c1-8(2)5-11(6-15)14-16-13(17-18-14)12-7-19-9(3)10(4)20-12/h8-12H,5-7,15H2,1-4H3. The number of nitrogens with zero attached hydrogens (tertiary/aromatic N) is 2. The van der Waals surface area contributed by atoms with Gasteiger partial charge in [0.25, 0.3) is 0 Å². The summed E-state index contributed by atoms with van der Waals surface area (Å²) in [7, 11) is 0. The van der Waals surface area contributed by atoms with Gasteiger partial charge >= 0.3 is 0 Å². The summed E-state index contributed by atoms with van der Waals surface area (Å²) in [6.07, 6.45) is 0.998. The molecule has 0 aromatic carbocycles. The Balaban J connectivity index is 2.04. The molecular formula is C14H25N3OS2. The Hall–Kier alpha value is -0.200. The van der Waals surface area contributed by atoms with E-state index in [1.807, 2.05) is 23.5 Å². The molecule has 1 aromatic rings. The zero-order chi connectivity index (χ0) is 14.7. The van der Waals surface area contributed by atoms with Gasteiger partial charge in [-0.3, -0.25) is 0 Å². The van der Waals surface area contributed by atoms with Gasteiger partial charge in [-0.15, -0.1) is 11.8 Å². The molecule has 4 atom stereocenters. The van der Waals surface area contributed by atoms with Crippen LogP contribution >= 0.6 is 23.5 Å². The van der Waals surface area contributed by atoms with Gasteiger partial charge in [-0.1, -0.05) is 32.9 Å². The molecule has 4 nitrogen and oxygen atoms in total. The van der Waals surface area contributed by atoms with E-state index < -0.39 is 0 Å². The summed E-state index contributed by atoms with van der Waals surface area (Å²) >= 11 is 3.95. The van der Waals surface area contributed by atoms with Crippen LogP contribution in [0.25, 0.3) is 0 Å². The molecule has 20 heavy (non-hydrogen) atoms. The molecule has 0 amide bonds. The molecule has 1 aliphatic rings. The first-order valence-corrected chi connectivity index (χ1v) is 9.31. The lowest BCUT2D eigenvalue weighted by atomic mass is 9.97. The Morgan fingerprint density at radius 2 is 2.10 bits per heavy atom. The van der Waals surface area contributed by atoms with E-state index in [1.165, 1.54) is 0 Å². The quantitative estimate of drug-likeness (QED) is 0.897. The summed E-state index contributed by atoms with van der Waals surface area (Å²) in [6, 6.07) is 0. The molecule has 1 aromatic heterocycles. The van der Waals surface area contributed by atoms with Crippen molar-refractivity contribution >= 4 is 23.5 Å². The number of hydrogen-bond donors (Lipinski definition) is 1. The lowest BCUT2D eigenvalue weighted by Crippen LogP contribution is -2.22. The Morgan fingerprint density at radius 3 is 2.70 bits per heavy atom. The van der Waals surface area contributed by atoms with Crippen molar-refractivity contribution in [3.8, 4) is 0 Å². The molecule has 1 fully saturated rings. The molecule has 4 unspecified atom stereocenters. The molecule has 1 saturated heterocycles. The monoisotopic (exact) mass is 315 g/mol. The maximum atomic E-state index is 5.84. The van der Waals surface area contributed by atoms with Crippen LogP contribution in [-0.4, -0.2) is 32.9 Å². The van der Waals surface area contributed by atoms with E-state index in [-0.39, 0.29) is 5.92 Å². The highest BCUT2D eigenvalue weighted by atomic mass is 32.2. The third-order valence-electron chi connectivity index (χ3n) is 3.69. The van der Waals surface area contributed by atoms with Crippen LogP contribution in [0.15, 0.2) is 4.52 Å². The van der Waals surface area contributed by atoms with E-state index in [4.69, 9.17) is 10.3 Å². The van der Waals surface area contributed by atoms with Gasteiger partial charge in [0, 0.05) is 22.8 Å². The summed E-state index contributed by atoms with van der Waals surface area (Å²) < 4.78 is 5.47. The third kappa shape index (κ3) is 3.92. The molecule has 0 aliphatic carbocycles. The first-order valence-electron chi connectivity index (χ1n) is 7.31. The summed E-state index contributed by atoms with van der Waals surface area (Å²) in [4.78, 5) is 4.63. The maximum absolute atomic E-state index is 5.84. The zero-order valence-corrected chi connectivity index (χ0v) is 14.3. The fourth-order valence-electron chi connectivity index (χ4n) is 2.33. The maximum Gasteiger partial charge on any atom is 0.231 e. The second-order valence-electron chi connectivity index (χ2n) is 5.92. The number of rotatable bonds is 5. The average Bonchev–Trinajstić information content (AvgIpc) is 2.88. The van der Waals surface area contributed by atoms with E-state index in [0.717, 1.165) is 18.0 Å². The third-order valence-corrected chi connectivity index (χ3v) is 7.07. The largest absolute Gasteiger partial charge is 0.339 e. The molecule has 0 spiro atoms. The molecule has 2 rings (SSSR count). The smallest absolute Gasteiger partial charge is 0.231 e. The van der Waals surface area contributed by atoms with E-state index in [1.54, 1.807) is 0 Å². The Labute approximate surface area is 130 Å². The minimum absolute atomic E-state index is 0.189. The van der Waals surface area contributed by atoms with Crippen LogP contribution in [0.1, 0.15) is 57.0 Å². The van der Waals surface area contributed by atoms with Crippen molar-refractivity contribution in [2.75, 3.05) is 12.3 Å². The lowest BCUT2D eigenvalue weighted by Gasteiger charge is -2.29. The molecule has 2 N–H and O–H groups in total. The number of hydrogen-bond acceptors (Lipinski definition) is 6. The highest BCUT2D eigenvalue weighted by Gasteiger charge is 2.30. The minimum atomic E-state index is 0.189. The molecule has 0 bridgehead atoms. The van der Waals surface area contributed by atoms with Crippen molar-refractivity contribution in [2.45, 2.75) is 55.8 Å². The molecule has 114 valence electrons. The van der Waals surface area contributed by atoms with Gasteiger partial charge in [-0.25, -0.2) is 0 Å². The molecule has 6 heteroatoms. The molecular weight excluding hydrogens is 290 g/mol. The second kappa shape index (κ2) is 7.18. The van der Waals surface area contributed by atoms with Gasteiger partial charge in [-0.05, 0) is 12.3 Å². The van der Waals surface area contributed by atoms with Crippen molar-refractivity contribution in [2.24, 2.45) is 11.7 Å². The summed E-state index contributed by atoms with van der Waals surface area (Å²) in [5, 5.41) is 5.87. The van der Waals surface area contributed by atoms with Crippen molar-refractivity contribution in [3.05, 3.63) is 11.7 Å². The van der Waals surface area contributed by atoms with Gasteiger partial charge in [0.15, 0.2) is 5.82 Å². The van der Waals surface area contributed by atoms with E-state index in [9.17, 15) is 0 Å². The minimum Gasteiger partial charge on any atom is -0.339 e. The van der Waals surface area contributed by atoms with Gasteiger partial charge < -0.3 is 10.3 Å². The van der Waals surface area contributed by atoms with Crippen LogP contribution in [0.3, 0.4) is 0 Å². The SMILES string of the molecule is CC(C)CC(CN)c1nc(C2CSC(C)C(C)S2)no1. The van der Waals surface area contributed by atoms with Crippen LogP contribution in [0.4, 0.5) is 0 Å². The van der Waals surface area contributed by atoms with Crippen LogP contribution < -0.4 is 5.73 Å². The summed E-state index contributed by atoms with van der Waals surface area (Å²) in [5.74, 6) is 3.40. The molecule has 2 heterocycles. The van der Waals surface area contributed by atoms with Crippen LogP contribution in [0, 0.1) is 5.92 Å². The second-order valence-corrected chi connectivity index (χ2v) is 8.92. The first kappa shape index (κ1) is 16.2. The number of nitrogens with two attached hydrogens (primary N) is 1. The van der Waals surface area contributed by atoms with Crippen LogP contribution in [0.5, 0.6) is 0 Å². The molecule has 0 saturated carbocycles. The Kier molecular flexibility index (Phi) is 5.81. The van der Waals surface area contributed by atoms with Crippen molar-refractivity contribution < 1.29 is 4.52 Å². The van der Waals surface area contributed by atoms with Crippen molar-refractivity contribution in [1.82, 2.24) is 10.1 Å². The lowest BCUT2D eigenvalue weighted by molar-refractivity contribution is 0.332. The van der Waals surface area contributed by atoms with E-state index in [0.29, 0.717) is 34.1 Å². The fourth-order valence-corrected chi connectivity index (χ4v) is 5.16. The van der Waals surface area contributed by atoms with Gasteiger partial charge in [0.05, 0.1) is 11.2 Å². The summed E-state index contributed by atoms with van der Waals surface area (Å²) in [6.45, 7) is 9.51. The van der Waals surface area contributed by atoms with Crippen LogP contribution in [-0.2, 0) is 0 Å². The highest BCUT2D eigenvalue weighted by Crippen LogP contribution is 2.43. The Morgan fingerprint density at radius 1 is 1.35 bits per heavy atom. The van der Waals surface area contributed by atoms with Gasteiger partial charge in [0.2, 0.25) is 5.89 Å². The predicted molar refractivity (Wildman–Crippen MR) is 87.3 cm³/mol. The number of aromatic nitrogens is 2. The van der Waals surface area contributed by atoms with Crippen molar-refractivity contribution in [1.29, 1.82) is 0 Å². The van der Waals surface area contributed by atoms with E-state index >= 15 is 0 Å². The summed E-state index contributed by atoms with van der Waals surface area (Å²) in [5.41, 5.74) is 5.84. The number of thioether (sulfide) groups is 2. The topological polar surface area (TPSA) is 64.9 Å². The van der Waals surface area contributed by atoms with Crippen molar-refractivity contribution in [3.63, 3.8) is 0 Å². The van der Waals surface area contributed by atoms with Crippen LogP contribution in [0.2, 0.25) is 0 Å².